The van der Waals surface area contributed by atoms with Crippen LogP contribution in [-0.4, -0.2) is 35.6 Å². The topological polar surface area (TPSA) is 69.6 Å². The summed E-state index contributed by atoms with van der Waals surface area (Å²) in [4.78, 5) is 24.4. The van der Waals surface area contributed by atoms with Gasteiger partial charge in [0.05, 0.1) is 6.42 Å². The van der Waals surface area contributed by atoms with E-state index < -0.39 is 5.97 Å². The smallest absolute Gasteiger partial charge is 0.321 e. The number of urea groups is 1. The summed E-state index contributed by atoms with van der Waals surface area (Å²) < 4.78 is 0. The number of nitrogens with one attached hydrogen (secondary N) is 1. The Morgan fingerprint density at radius 3 is 2.55 bits per heavy atom. The third-order valence-corrected chi connectivity index (χ3v) is 2.99. The number of carboxylic acid groups (broad SMARTS) is 1. The molecule has 0 aliphatic carbocycles. The zero-order chi connectivity index (χ0) is 15.1. The van der Waals surface area contributed by atoms with Gasteiger partial charge >= 0.3 is 12.0 Å². The second-order valence-corrected chi connectivity index (χ2v) is 5.26. The lowest BCUT2D eigenvalue weighted by Crippen LogP contribution is -2.33. The van der Waals surface area contributed by atoms with E-state index in [1.165, 1.54) is 0 Å². The quantitative estimate of drug-likeness (QED) is 0.840. The molecule has 0 bridgehead atoms. The minimum Gasteiger partial charge on any atom is -0.481 e. The molecule has 0 fully saturated rings. The molecule has 0 spiro atoms. The van der Waals surface area contributed by atoms with Gasteiger partial charge in [-0.15, -0.1) is 0 Å². The van der Waals surface area contributed by atoms with Crippen molar-refractivity contribution < 1.29 is 14.7 Å². The Balaban J connectivity index is 2.67. The number of amides is 2. The van der Waals surface area contributed by atoms with E-state index in [1.54, 1.807) is 36.2 Å². The van der Waals surface area contributed by atoms with Crippen molar-refractivity contribution >= 4 is 17.7 Å². The molecule has 0 radical (unpaired) electrons. The second kappa shape index (κ2) is 7.53. The number of benzene rings is 1. The van der Waals surface area contributed by atoms with E-state index in [0.717, 1.165) is 6.42 Å². The molecule has 2 amide bonds. The van der Waals surface area contributed by atoms with Gasteiger partial charge in [0.1, 0.15) is 0 Å². The lowest BCUT2D eigenvalue weighted by atomic mass is 10.1. The Hall–Kier alpha value is -2.04. The van der Waals surface area contributed by atoms with E-state index in [0.29, 0.717) is 23.7 Å². The lowest BCUT2D eigenvalue weighted by Gasteiger charge is -2.20. The molecule has 1 aromatic rings. The number of hydrogen-bond acceptors (Lipinski definition) is 2. The van der Waals surface area contributed by atoms with Crippen molar-refractivity contribution in [2.45, 2.75) is 26.7 Å². The van der Waals surface area contributed by atoms with Crippen LogP contribution < -0.4 is 5.32 Å². The number of anilines is 1. The summed E-state index contributed by atoms with van der Waals surface area (Å²) in [6.07, 6.45) is 0.826. The maximum absolute atomic E-state index is 12.0. The van der Waals surface area contributed by atoms with Gasteiger partial charge in [-0.2, -0.15) is 0 Å². The Labute approximate surface area is 119 Å². The molecule has 1 rings (SSSR count). The summed E-state index contributed by atoms with van der Waals surface area (Å²) in [6, 6.07) is 6.74. The van der Waals surface area contributed by atoms with Gasteiger partial charge in [-0.25, -0.2) is 4.79 Å². The number of para-hydroxylation sites is 1. The molecule has 110 valence electrons. The highest BCUT2D eigenvalue weighted by atomic mass is 16.4. The van der Waals surface area contributed by atoms with E-state index in [-0.39, 0.29) is 12.5 Å². The molecular weight excluding hydrogens is 256 g/mol. The summed E-state index contributed by atoms with van der Waals surface area (Å²) in [5.74, 6) is -0.385. The summed E-state index contributed by atoms with van der Waals surface area (Å²) in [6.45, 7) is 4.88. The second-order valence-electron chi connectivity index (χ2n) is 5.26. The predicted octanol–water partition coefficient (Wildman–Crippen LogP) is 2.82. The van der Waals surface area contributed by atoms with Crippen LogP contribution in [0.25, 0.3) is 0 Å². The molecule has 0 aromatic heterocycles. The van der Waals surface area contributed by atoms with Gasteiger partial charge in [0.15, 0.2) is 0 Å². The van der Waals surface area contributed by atoms with Crippen LogP contribution >= 0.6 is 0 Å². The van der Waals surface area contributed by atoms with Crippen LogP contribution in [0.5, 0.6) is 0 Å². The fourth-order valence-electron chi connectivity index (χ4n) is 1.72. The molecule has 5 nitrogen and oxygen atoms in total. The monoisotopic (exact) mass is 278 g/mol. The summed E-state index contributed by atoms with van der Waals surface area (Å²) in [7, 11) is 1.73. The molecule has 5 heteroatoms. The van der Waals surface area contributed by atoms with Crippen molar-refractivity contribution in [2.75, 3.05) is 18.9 Å². The van der Waals surface area contributed by atoms with Gasteiger partial charge in [-0.05, 0) is 24.0 Å². The fraction of sp³-hybridized carbons (Fsp3) is 0.467. The highest BCUT2D eigenvalue weighted by molar-refractivity contribution is 5.90. The number of nitrogens with zero attached hydrogens (tertiary/aromatic N) is 1. The highest BCUT2D eigenvalue weighted by Crippen LogP contribution is 2.16. The largest absolute Gasteiger partial charge is 0.481 e. The highest BCUT2D eigenvalue weighted by Gasteiger charge is 2.12. The minimum atomic E-state index is -0.917. The fourth-order valence-corrected chi connectivity index (χ4v) is 1.72. The standard InChI is InChI=1S/C15H22N2O3/c1-11(2)8-9-17(3)15(20)16-13-7-5-4-6-12(13)10-14(18)19/h4-7,11H,8-10H2,1-3H3,(H,16,20)(H,18,19). The van der Waals surface area contributed by atoms with Gasteiger partial charge < -0.3 is 15.3 Å². The normalized spacial score (nSPS) is 10.4. The van der Waals surface area contributed by atoms with Crippen LogP contribution in [0, 0.1) is 5.92 Å². The third-order valence-electron chi connectivity index (χ3n) is 2.99. The van der Waals surface area contributed by atoms with Gasteiger partial charge in [-0.1, -0.05) is 32.0 Å². The Bertz CT molecular complexity index is 472. The van der Waals surface area contributed by atoms with Crippen LogP contribution in [0.2, 0.25) is 0 Å². The van der Waals surface area contributed by atoms with E-state index in [2.05, 4.69) is 19.2 Å². The van der Waals surface area contributed by atoms with Crippen molar-refractivity contribution in [1.82, 2.24) is 4.90 Å². The Morgan fingerprint density at radius 2 is 1.95 bits per heavy atom. The minimum absolute atomic E-state index is 0.105. The third kappa shape index (κ3) is 5.30. The van der Waals surface area contributed by atoms with Gasteiger partial charge in [-0.3, -0.25) is 4.79 Å². The summed E-state index contributed by atoms with van der Waals surface area (Å²) in [5, 5.41) is 11.6. The first-order valence-electron chi connectivity index (χ1n) is 6.72. The molecule has 2 N–H and O–H groups in total. The van der Waals surface area contributed by atoms with Crippen molar-refractivity contribution in [3.8, 4) is 0 Å². The number of carbonyl (C=O) groups is 2. The number of carbonyl (C=O) groups excluding carboxylic acids is 1. The lowest BCUT2D eigenvalue weighted by molar-refractivity contribution is -0.136. The van der Waals surface area contributed by atoms with E-state index in [4.69, 9.17) is 5.11 Å². The number of carboxylic acids is 1. The van der Waals surface area contributed by atoms with E-state index in [9.17, 15) is 9.59 Å². The molecule has 0 aliphatic heterocycles. The van der Waals surface area contributed by atoms with Crippen LogP contribution in [0.15, 0.2) is 24.3 Å². The summed E-state index contributed by atoms with van der Waals surface area (Å²) >= 11 is 0. The Kier molecular flexibility index (Phi) is 6.03. The first-order chi connectivity index (χ1) is 9.40. The predicted molar refractivity (Wildman–Crippen MR) is 78.9 cm³/mol. The summed E-state index contributed by atoms with van der Waals surface area (Å²) in [5.41, 5.74) is 1.15. The molecule has 0 saturated carbocycles. The number of hydrogen-bond donors (Lipinski definition) is 2. The van der Waals surface area contributed by atoms with Crippen LogP contribution in [-0.2, 0) is 11.2 Å². The van der Waals surface area contributed by atoms with Gasteiger partial charge in [0.2, 0.25) is 0 Å². The molecule has 0 unspecified atom stereocenters. The number of aliphatic carboxylic acids is 1. The van der Waals surface area contributed by atoms with Gasteiger partial charge in [0, 0.05) is 19.3 Å². The average Bonchev–Trinajstić information content (AvgIpc) is 2.37. The van der Waals surface area contributed by atoms with Crippen molar-refractivity contribution in [1.29, 1.82) is 0 Å². The van der Waals surface area contributed by atoms with Crippen LogP contribution in [0.1, 0.15) is 25.8 Å². The maximum atomic E-state index is 12.0. The van der Waals surface area contributed by atoms with Crippen molar-refractivity contribution in [3.63, 3.8) is 0 Å². The first kappa shape index (κ1) is 16.0. The van der Waals surface area contributed by atoms with Crippen LogP contribution in [0.4, 0.5) is 10.5 Å². The molecular formula is C15H22N2O3. The zero-order valence-electron chi connectivity index (χ0n) is 12.2. The van der Waals surface area contributed by atoms with Crippen molar-refractivity contribution in [3.05, 3.63) is 29.8 Å². The SMILES string of the molecule is CC(C)CCN(C)C(=O)Nc1ccccc1CC(=O)O. The van der Waals surface area contributed by atoms with E-state index in [1.807, 2.05) is 0 Å². The molecule has 0 aliphatic rings. The van der Waals surface area contributed by atoms with Gasteiger partial charge in [0.25, 0.3) is 0 Å². The molecule has 0 atom stereocenters. The zero-order valence-corrected chi connectivity index (χ0v) is 12.2. The first-order valence-corrected chi connectivity index (χ1v) is 6.72. The van der Waals surface area contributed by atoms with E-state index >= 15 is 0 Å². The maximum Gasteiger partial charge on any atom is 0.321 e. The van der Waals surface area contributed by atoms with Crippen LogP contribution in [0.3, 0.4) is 0 Å². The Morgan fingerprint density at radius 1 is 1.30 bits per heavy atom. The van der Waals surface area contributed by atoms with Crippen molar-refractivity contribution in [2.24, 2.45) is 5.92 Å². The average molecular weight is 278 g/mol. The molecule has 0 heterocycles. The molecule has 1 aromatic carbocycles. The number of rotatable bonds is 6. The molecule has 0 saturated heterocycles. The molecule has 20 heavy (non-hydrogen) atoms.